The molecule has 1 atom stereocenters. The number of hydrogen-bond donors (Lipinski definition) is 1. The third-order valence-corrected chi connectivity index (χ3v) is 4.03. The van der Waals surface area contributed by atoms with Crippen LogP contribution in [0.25, 0.3) is 0 Å². The number of halogens is 3. The predicted molar refractivity (Wildman–Crippen MR) is 86.1 cm³/mol. The molecule has 1 unspecified atom stereocenters. The van der Waals surface area contributed by atoms with Gasteiger partial charge in [-0.1, -0.05) is 23.2 Å². The van der Waals surface area contributed by atoms with Gasteiger partial charge in [-0.15, -0.1) is 12.4 Å². The summed E-state index contributed by atoms with van der Waals surface area (Å²) in [5.41, 5.74) is 0. The second-order valence-electron chi connectivity index (χ2n) is 4.90. The van der Waals surface area contributed by atoms with Gasteiger partial charge in [-0.2, -0.15) is 0 Å². The number of nitrogens with zero attached hydrogens (tertiary/aromatic N) is 1. The molecular weight excluding hydrogens is 337 g/mol. The monoisotopic (exact) mass is 353 g/mol. The normalized spacial score (nSPS) is 18.3. The fourth-order valence-corrected chi connectivity index (χ4v) is 2.58. The maximum atomic E-state index is 10.5. The fourth-order valence-electron chi connectivity index (χ4n) is 2.29. The molecule has 4 nitrogen and oxygen atoms in total. The van der Waals surface area contributed by atoms with Crippen LogP contribution in [0.4, 0.5) is 0 Å². The summed E-state index contributed by atoms with van der Waals surface area (Å²) in [5, 5.41) is 9.62. The van der Waals surface area contributed by atoms with Gasteiger partial charge in [-0.3, -0.25) is 9.69 Å². The van der Waals surface area contributed by atoms with Crippen molar-refractivity contribution in [2.45, 2.75) is 25.4 Å². The SMILES string of the molecule is Cl.O=C(O)CCCN1CCC(Oc2ccc(Cl)c(Cl)c2)C1. The van der Waals surface area contributed by atoms with Crippen LogP contribution in [0, 0.1) is 0 Å². The smallest absolute Gasteiger partial charge is 0.303 e. The van der Waals surface area contributed by atoms with E-state index in [-0.39, 0.29) is 24.9 Å². The third kappa shape index (κ3) is 5.91. The molecule has 1 saturated heterocycles. The summed E-state index contributed by atoms with van der Waals surface area (Å²) in [5.74, 6) is -0.0235. The molecule has 7 heteroatoms. The van der Waals surface area contributed by atoms with E-state index in [9.17, 15) is 4.79 Å². The van der Waals surface area contributed by atoms with Gasteiger partial charge in [-0.05, 0) is 31.5 Å². The maximum absolute atomic E-state index is 10.5. The van der Waals surface area contributed by atoms with Gasteiger partial charge >= 0.3 is 5.97 Å². The van der Waals surface area contributed by atoms with Crippen molar-refractivity contribution in [3.8, 4) is 5.75 Å². The van der Waals surface area contributed by atoms with Gasteiger partial charge in [0.05, 0.1) is 10.0 Å². The van der Waals surface area contributed by atoms with Crippen LogP contribution in [-0.2, 0) is 4.79 Å². The fraction of sp³-hybridized carbons (Fsp3) is 0.500. The zero-order chi connectivity index (χ0) is 14.5. The lowest BCUT2D eigenvalue weighted by Crippen LogP contribution is -2.26. The first-order valence-corrected chi connectivity index (χ1v) is 7.36. The average molecular weight is 355 g/mol. The molecule has 1 aliphatic heterocycles. The Morgan fingerprint density at radius 3 is 2.81 bits per heavy atom. The topological polar surface area (TPSA) is 49.8 Å². The number of hydrogen-bond acceptors (Lipinski definition) is 3. The predicted octanol–water partition coefficient (Wildman–Crippen LogP) is 3.73. The van der Waals surface area contributed by atoms with E-state index in [0.29, 0.717) is 16.5 Å². The van der Waals surface area contributed by atoms with Gasteiger partial charge in [0.2, 0.25) is 0 Å². The van der Waals surface area contributed by atoms with Crippen molar-refractivity contribution in [3.05, 3.63) is 28.2 Å². The molecule has 2 rings (SSSR count). The highest BCUT2D eigenvalue weighted by Crippen LogP contribution is 2.28. The van der Waals surface area contributed by atoms with Gasteiger partial charge in [0.1, 0.15) is 11.9 Å². The van der Waals surface area contributed by atoms with Crippen molar-refractivity contribution in [1.29, 1.82) is 0 Å². The average Bonchev–Trinajstić information content (AvgIpc) is 2.81. The Bertz CT molecular complexity index is 485. The summed E-state index contributed by atoms with van der Waals surface area (Å²) in [6, 6.07) is 5.25. The van der Waals surface area contributed by atoms with E-state index in [0.717, 1.165) is 31.8 Å². The second kappa shape index (κ2) is 8.69. The molecule has 1 aromatic carbocycles. The number of benzene rings is 1. The van der Waals surface area contributed by atoms with Crippen LogP contribution in [0.15, 0.2) is 18.2 Å². The molecule has 1 aliphatic rings. The summed E-state index contributed by atoms with van der Waals surface area (Å²) in [7, 11) is 0. The van der Waals surface area contributed by atoms with E-state index in [1.807, 2.05) is 0 Å². The first-order chi connectivity index (χ1) is 9.54. The minimum absolute atomic E-state index is 0. The molecule has 21 heavy (non-hydrogen) atoms. The Balaban J connectivity index is 0.00000220. The molecule has 118 valence electrons. The van der Waals surface area contributed by atoms with Crippen LogP contribution in [0.3, 0.4) is 0 Å². The highest BCUT2D eigenvalue weighted by atomic mass is 35.5. The first kappa shape index (κ1) is 18.4. The summed E-state index contributed by atoms with van der Waals surface area (Å²) < 4.78 is 5.87. The highest BCUT2D eigenvalue weighted by molar-refractivity contribution is 6.42. The Morgan fingerprint density at radius 2 is 2.14 bits per heavy atom. The zero-order valence-electron chi connectivity index (χ0n) is 11.4. The van der Waals surface area contributed by atoms with Gasteiger partial charge in [0.15, 0.2) is 0 Å². The van der Waals surface area contributed by atoms with Crippen LogP contribution in [0.1, 0.15) is 19.3 Å². The minimum Gasteiger partial charge on any atom is -0.489 e. The van der Waals surface area contributed by atoms with Gasteiger partial charge in [0.25, 0.3) is 0 Å². The van der Waals surface area contributed by atoms with Crippen molar-refractivity contribution in [1.82, 2.24) is 4.90 Å². The Kier molecular flexibility index (Phi) is 7.60. The molecule has 0 radical (unpaired) electrons. The van der Waals surface area contributed by atoms with Crippen molar-refractivity contribution in [2.75, 3.05) is 19.6 Å². The molecule has 0 saturated carbocycles. The van der Waals surface area contributed by atoms with E-state index in [1.165, 1.54) is 0 Å². The van der Waals surface area contributed by atoms with Crippen LogP contribution in [-0.4, -0.2) is 41.7 Å². The molecule has 0 aliphatic carbocycles. The Labute approximate surface area is 140 Å². The van der Waals surface area contributed by atoms with Crippen LogP contribution in [0.2, 0.25) is 10.0 Å². The highest BCUT2D eigenvalue weighted by Gasteiger charge is 2.23. The van der Waals surface area contributed by atoms with E-state index in [2.05, 4.69) is 4.90 Å². The Morgan fingerprint density at radius 1 is 1.38 bits per heavy atom. The first-order valence-electron chi connectivity index (χ1n) is 6.60. The number of rotatable bonds is 6. The van der Waals surface area contributed by atoms with Crippen LogP contribution < -0.4 is 4.74 Å². The number of carboxylic acids is 1. The van der Waals surface area contributed by atoms with Gasteiger partial charge < -0.3 is 9.84 Å². The maximum Gasteiger partial charge on any atom is 0.303 e. The standard InChI is InChI=1S/C14H17Cl2NO3.ClH/c15-12-4-3-10(8-13(12)16)20-11-5-7-17(9-11)6-1-2-14(18)19;/h3-4,8,11H,1-2,5-7,9H2,(H,18,19);1H. The number of aliphatic carboxylic acids is 1. The summed E-state index contributed by atoms with van der Waals surface area (Å²) in [4.78, 5) is 12.7. The minimum atomic E-state index is -0.743. The number of likely N-dealkylation sites (tertiary alicyclic amines) is 1. The zero-order valence-corrected chi connectivity index (χ0v) is 13.8. The van der Waals surface area contributed by atoms with Crippen LogP contribution >= 0.6 is 35.6 Å². The molecule has 1 fully saturated rings. The van der Waals surface area contributed by atoms with Gasteiger partial charge in [-0.25, -0.2) is 0 Å². The summed E-state index contributed by atoms with van der Waals surface area (Å²) >= 11 is 11.8. The van der Waals surface area contributed by atoms with Crippen molar-refractivity contribution < 1.29 is 14.6 Å². The third-order valence-electron chi connectivity index (χ3n) is 3.29. The lowest BCUT2D eigenvalue weighted by Gasteiger charge is -2.16. The molecule has 0 amide bonds. The molecule has 1 aromatic rings. The van der Waals surface area contributed by atoms with Crippen molar-refractivity contribution in [2.24, 2.45) is 0 Å². The summed E-state index contributed by atoms with van der Waals surface area (Å²) in [6.07, 6.45) is 1.95. The number of ether oxygens (including phenoxy) is 1. The largest absolute Gasteiger partial charge is 0.489 e. The lowest BCUT2D eigenvalue weighted by molar-refractivity contribution is -0.137. The van der Waals surface area contributed by atoms with E-state index in [4.69, 9.17) is 33.0 Å². The molecule has 1 heterocycles. The molecular formula is C14H18Cl3NO3. The second-order valence-corrected chi connectivity index (χ2v) is 5.72. The van der Waals surface area contributed by atoms with Gasteiger partial charge in [0, 0.05) is 25.6 Å². The molecule has 1 N–H and O–H groups in total. The van der Waals surface area contributed by atoms with Crippen molar-refractivity contribution >= 4 is 41.6 Å². The molecule has 0 bridgehead atoms. The Hall–Kier alpha value is -0.680. The summed E-state index contributed by atoms with van der Waals surface area (Å²) in [6.45, 7) is 2.55. The lowest BCUT2D eigenvalue weighted by atomic mass is 10.3. The number of carboxylic acid groups (broad SMARTS) is 1. The molecule has 0 aromatic heterocycles. The number of carbonyl (C=O) groups is 1. The van der Waals surface area contributed by atoms with E-state index >= 15 is 0 Å². The van der Waals surface area contributed by atoms with E-state index < -0.39 is 5.97 Å². The van der Waals surface area contributed by atoms with Crippen LogP contribution in [0.5, 0.6) is 5.75 Å². The molecule has 0 spiro atoms. The van der Waals surface area contributed by atoms with E-state index in [1.54, 1.807) is 18.2 Å². The quantitative estimate of drug-likeness (QED) is 0.845. The van der Waals surface area contributed by atoms with Crippen molar-refractivity contribution in [3.63, 3.8) is 0 Å².